The fourth-order valence-corrected chi connectivity index (χ4v) is 10.0. The Balaban J connectivity index is 0.000000240. The number of hydrogen-bond acceptors (Lipinski definition) is 8. The molecule has 0 aliphatic rings. The van der Waals surface area contributed by atoms with Crippen LogP contribution in [0.3, 0.4) is 0 Å². The number of halogens is 1. The molecule has 6 N–H and O–H groups in total. The van der Waals surface area contributed by atoms with Gasteiger partial charge in [0.1, 0.15) is 7.85 Å². The van der Waals surface area contributed by atoms with Crippen molar-refractivity contribution in [3.8, 4) is 66.8 Å². The van der Waals surface area contributed by atoms with Gasteiger partial charge in [-0.2, -0.15) is 0 Å². The second kappa shape index (κ2) is 37.3. The first-order chi connectivity index (χ1) is 48.2. The van der Waals surface area contributed by atoms with Crippen molar-refractivity contribution >= 4 is 87.3 Å². The van der Waals surface area contributed by atoms with Crippen LogP contribution in [-0.4, -0.2) is 96.0 Å². The minimum Gasteiger partial charge on any atom is -0.387 e. The highest BCUT2D eigenvalue weighted by Crippen LogP contribution is 2.40. The molecule has 0 amide bonds. The SMILES string of the molecule is Brc1cccc(-c2ccc(N(c3ccc(-c4ccccc4)cc3)c3ccc(-c4ccccc4)cc3)cc2)c1.CC(C)(O)C(C)(C)O.CC(C)(O)C(C)(C)O.CC(C)(O)C(C)(C)O.[B].[B][B].[B]c1cccc(-c2ccc(N(c3ccc(-c4ccccc4)cc3)c3ccc(-c4ccccc4)cc3)cc2)c1. The van der Waals surface area contributed by atoms with Crippen LogP contribution in [0.2, 0.25) is 0 Å². The molecule has 0 spiro atoms. The summed E-state index contributed by atoms with van der Waals surface area (Å²) in [6.45, 7) is 18.9. The van der Waals surface area contributed by atoms with Crippen LogP contribution < -0.4 is 15.3 Å². The second-order valence-electron chi connectivity index (χ2n) is 27.9. The van der Waals surface area contributed by atoms with E-state index in [2.05, 4.69) is 326 Å². The van der Waals surface area contributed by atoms with Crippen LogP contribution >= 0.6 is 15.9 Å². The van der Waals surface area contributed by atoms with Crippen LogP contribution in [0.4, 0.5) is 34.1 Å². The van der Waals surface area contributed by atoms with Crippen molar-refractivity contribution in [2.45, 2.75) is 117 Å². The first-order valence-corrected chi connectivity index (χ1v) is 34.8. The number of aliphatic hydroxyl groups is 6. The van der Waals surface area contributed by atoms with Gasteiger partial charge in [-0.25, -0.2) is 0 Å². The van der Waals surface area contributed by atoms with Crippen LogP contribution in [0, 0.1) is 0 Å². The van der Waals surface area contributed by atoms with Gasteiger partial charge in [0, 0.05) is 62.5 Å². The van der Waals surface area contributed by atoms with Crippen molar-refractivity contribution in [3.63, 3.8) is 0 Å². The molecule has 0 atom stereocenters. The fraction of sp³-hybridized carbons (Fsp3) is 0.200. The maximum atomic E-state index is 9.10. The molecule has 0 unspecified atom stereocenters. The number of nitrogens with zero attached hydrogens (tertiary/aromatic N) is 2. The smallest absolute Gasteiger partial charge is 0.113 e. The highest BCUT2D eigenvalue weighted by atomic mass is 79.9. The van der Waals surface area contributed by atoms with E-state index in [-0.39, 0.29) is 8.41 Å². The van der Waals surface area contributed by atoms with Crippen LogP contribution in [0.25, 0.3) is 66.8 Å². The van der Waals surface area contributed by atoms with E-state index in [9.17, 15) is 0 Å². The van der Waals surface area contributed by atoms with Gasteiger partial charge in [-0.1, -0.05) is 252 Å². The monoisotopic (exact) mass is 1420 g/mol. The zero-order valence-electron chi connectivity index (χ0n) is 61.3. The molecular weight excluding hydrogens is 1330 g/mol. The fourth-order valence-electron chi connectivity index (χ4n) is 9.62. The highest BCUT2D eigenvalue weighted by molar-refractivity contribution is 9.10. The predicted molar refractivity (Wildman–Crippen MR) is 443 cm³/mol. The summed E-state index contributed by atoms with van der Waals surface area (Å²) < 4.78 is 1.08. The van der Waals surface area contributed by atoms with Gasteiger partial charge in [0.2, 0.25) is 0 Å². The molecule has 0 saturated carbocycles. The van der Waals surface area contributed by atoms with Crippen LogP contribution in [0.15, 0.2) is 320 Å². The summed E-state index contributed by atoms with van der Waals surface area (Å²) in [5.74, 6) is 0. The number of rotatable bonds is 15. The Hall–Kier alpha value is -9.26. The molecule has 0 aromatic heterocycles. The zero-order chi connectivity index (χ0) is 74.5. The topological polar surface area (TPSA) is 128 Å². The molecule has 8 nitrogen and oxygen atoms in total. The van der Waals surface area contributed by atoms with Gasteiger partial charge in [0.15, 0.2) is 0 Å². The van der Waals surface area contributed by atoms with E-state index < -0.39 is 33.6 Å². The number of anilines is 6. The van der Waals surface area contributed by atoms with Gasteiger partial charge < -0.3 is 40.4 Å². The van der Waals surface area contributed by atoms with E-state index in [0.29, 0.717) is 0 Å². The summed E-state index contributed by atoms with van der Waals surface area (Å²) in [6.07, 6.45) is 0. The molecule has 0 saturated heterocycles. The molecule has 9 radical (unpaired) electrons. The number of benzene rings is 12. The van der Waals surface area contributed by atoms with Gasteiger partial charge in [-0.3, -0.25) is 0 Å². The summed E-state index contributed by atoms with van der Waals surface area (Å²) in [4.78, 5) is 4.61. The molecule has 103 heavy (non-hydrogen) atoms. The molecule has 12 aromatic carbocycles. The van der Waals surface area contributed by atoms with E-state index in [0.717, 1.165) is 55.2 Å². The van der Waals surface area contributed by atoms with E-state index in [4.69, 9.17) is 38.5 Å². The van der Waals surface area contributed by atoms with Crippen LogP contribution in [0.5, 0.6) is 0 Å². The van der Waals surface area contributed by atoms with Gasteiger partial charge >= 0.3 is 0 Å². The van der Waals surface area contributed by atoms with Gasteiger partial charge in [0.25, 0.3) is 0 Å². The summed E-state index contributed by atoms with van der Waals surface area (Å²) in [5, 5.41) is 54.6. The van der Waals surface area contributed by atoms with Crippen molar-refractivity contribution in [2.75, 3.05) is 9.80 Å². The molecule has 0 heterocycles. The first kappa shape index (κ1) is 82.7. The molecule has 519 valence electrons. The zero-order valence-corrected chi connectivity index (χ0v) is 62.9. The van der Waals surface area contributed by atoms with Crippen molar-refractivity contribution in [1.82, 2.24) is 0 Å². The van der Waals surface area contributed by atoms with Crippen molar-refractivity contribution < 1.29 is 30.6 Å². The van der Waals surface area contributed by atoms with Gasteiger partial charge in [-0.15, -0.1) is 0 Å². The molecular formula is C90H94B4BrN2O6. The van der Waals surface area contributed by atoms with Gasteiger partial charge in [0.05, 0.1) is 33.6 Å². The van der Waals surface area contributed by atoms with E-state index in [1.807, 2.05) is 30.3 Å². The second-order valence-corrected chi connectivity index (χ2v) is 28.8. The lowest BCUT2D eigenvalue weighted by atomic mass is 9.81. The molecule has 12 aromatic rings. The van der Waals surface area contributed by atoms with E-state index >= 15 is 0 Å². The minimum atomic E-state index is -1.01. The lowest BCUT2D eigenvalue weighted by Gasteiger charge is -2.31. The Morgan fingerprint density at radius 3 is 0.573 bits per heavy atom. The molecule has 0 aliphatic heterocycles. The predicted octanol–water partition coefficient (Wildman–Crippen LogP) is 20.3. The third-order valence-electron chi connectivity index (χ3n) is 18.1. The van der Waals surface area contributed by atoms with E-state index in [1.54, 1.807) is 83.1 Å². The lowest BCUT2D eigenvalue weighted by molar-refractivity contribution is -0.107. The quantitative estimate of drug-likeness (QED) is 0.0560. The summed E-state index contributed by atoms with van der Waals surface area (Å²) in [7, 11) is 14.0. The normalized spacial score (nSPS) is 11.3. The van der Waals surface area contributed by atoms with Crippen LogP contribution in [0.1, 0.15) is 83.1 Å². The molecule has 13 heteroatoms. The largest absolute Gasteiger partial charge is 0.387 e. The Labute approximate surface area is 627 Å². The Kier molecular flexibility index (Phi) is 29.9. The van der Waals surface area contributed by atoms with Crippen molar-refractivity contribution in [1.29, 1.82) is 0 Å². The first-order valence-electron chi connectivity index (χ1n) is 34.0. The summed E-state index contributed by atoms with van der Waals surface area (Å²) in [6, 6.07) is 111. The Bertz CT molecular complexity index is 3920. The third-order valence-corrected chi connectivity index (χ3v) is 18.5. The average Bonchev–Trinajstić information content (AvgIpc) is 0.797. The van der Waals surface area contributed by atoms with Crippen molar-refractivity contribution in [3.05, 3.63) is 320 Å². The molecule has 0 bridgehead atoms. The summed E-state index contributed by atoms with van der Waals surface area (Å²) in [5.41, 5.74) is 15.7. The minimum absolute atomic E-state index is 0. The standard InChI is InChI=1S/C36H26BN.C36H26BrN.3C6H14O2.B2.B/c2*37-33-13-7-12-32(26-33)31-18-24-36(25-19-31)38(34-20-14-29(15-21-34)27-8-3-1-4-9-27)35-22-16-30(17-23-35)28-10-5-2-6-11-28;3*1-5(2,7)6(3,4)8;1-2;/h2*1-26H;3*7-8H,1-4H3;;. The maximum Gasteiger partial charge on any atom is 0.113 e. The van der Waals surface area contributed by atoms with Gasteiger partial charge in [-0.05, 0) is 235 Å². The highest BCUT2D eigenvalue weighted by Gasteiger charge is 2.33. The Morgan fingerprint density at radius 2 is 0.388 bits per heavy atom. The average molecular weight is 1420 g/mol. The molecule has 0 fully saturated rings. The summed E-state index contributed by atoms with van der Waals surface area (Å²) >= 11 is 3.60. The maximum absolute atomic E-state index is 9.10. The molecule has 12 rings (SSSR count). The molecule has 0 aliphatic carbocycles. The third kappa shape index (κ3) is 24.2. The van der Waals surface area contributed by atoms with Crippen LogP contribution in [-0.2, 0) is 0 Å². The van der Waals surface area contributed by atoms with E-state index in [1.165, 1.54) is 55.6 Å². The Morgan fingerprint density at radius 1 is 0.223 bits per heavy atom. The lowest BCUT2D eigenvalue weighted by Crippen LogP contribution is -2.44. The number of hydrogen-bond donors (Lipinski definition) is 6. The van der Waals surface area contributed by atoms with Crippen molar-refractivity contribution in [2.24, 2.45) is 0 Å².